The van der Waals surface area contributed by atoms with Gasteiger partial charge in [-0.05, 0) is 92.0 Å². The van der Waals surface area contributed by atoms with Crippen LogP contribution < -0.4 is 4.74 Å². The van der Waals surface area contributed by atoms with Crippen molar-refractivity contribution in [3.05, 3.63) is 51.7 Å². The first-order chi connectivity index (χ1) is 17.5. The fourth-order valence-electron chi connectivity index (χ4n) is 5.60. The Hall–Kier alpha value is -1.65. The highest BCUT2D eigenvalue weighted by Gasteiger charge is 2.26. The predicted molar refractivity (Wildman–Crippen MR) is 154 cm³/mol. The lowest BCUT2D eigenvalue weighted by Gasteiger charge is -2.35. The summed E-state index contributed by atoms with van der Waals surface area (Å²) in [6, 6.07) is 11.3. The van der Waals surface area contributed by atoms with Gasteiger partial charge in [0.05, 0.1) is 0 Å². The predicted octanol–water partition coefficient (Wildman–Crippen LogP) is 8.49. The number of hydrogen-bond donors (Lipinski definition) is 0. The van der Waals surface area contributed by atoms with E-state index in [4.69, 9.17) is 4.74 Å². The molecule has 1 aliphatic rings. The molecule has 0 saturated heterocycles. The molecule has 2 aromatic rings. The Labute approximate surface area is 224 Å². The first-order valence-corrected chi connectivity index (χ1v) is 15.5. The molecule has 3 nitrogen and oxygen atoms in total. The molecule has 0 N–H and O–H groups in total. The Morgan fingerprint density at radius 3 is 2.67 bits per heavy atom. The van der Waals surface area contributed by atoms with E-state index in [1.54, 1.807) is 0 Å². The minimum absolute atomic E-state index is 0.0423. The number of carbonyl (C=O) groups is 1. The number of unbranched alkanes of at least 4 members (excludes halogenated alkanes) is 1. The average molecular weight is 512 g/mol. The van der Waals surface area contributed by atoms with Crippen LogP contribution in [0.3, 0.4) is 0 Å². The third kappa shape index (κ3) is 9.03. The zero-order chi connectivity index (χ0) is 25.8. The van der Waals surface area contributed by atoms with Gasteiger partial charge in [-0.3, -0.25) is 9.69 Å². The van der Waals surface area contributed by atoms with Gasteiger partial charge in [-0.1, -0.05) is 71.6 Å². The van der Waals surface area contributed by atoms with E-state index in [-0.39, 0.29) is 5.97 Å². The SMILES string of the molecule is CCCCC(CCC(C)CC)CC(=O)Oc1cccc2c1CCC(N(CCC)CCc1cccs1)C2. The van der Waals surface area contributed by atoms with Gasteiger partial charge in [-0.25, -0.2) is 0 Å². The summed E-state index contributed by atoms with van der Waals surface area (Å²) in [5.41, 5.74) is 2.63. The van der Waals surface area contributed by atoms with Gasteiger partial charge in [0.2, 0.25) is 0 Å². The van der Waals surface area contributed by atoms with Gasteiger partial charge in [-0.15, -0.1) is 11.3 Å². The highest BCUT2D eigenvalue weighted by Crippen LogP contribution is 2.33. The van der Waals surface area contributed by atoms with E-state index in [9.17, 15) is 4.79 Å². The lowest BCUT2D eigenvalue weighted by atomic mass is 9.86. The maximum atomic E-state index is 13.0. The van der Waals surface area contributed by atoms with Crippen molar-refractivity contribution in [2.24, 2.45) is 11.8 Å². The molecule has 1 aromatic carbocycles. The largest absolute Gasteiger partial charge is 0.426 e. The second-order valence-electron chi connectivity index (χ2n) is 10.9. The number of esters is 1. The fraction of sp³-hybridized carbons (Fsp3) is 0.656. The van der Waals surface area contributed by atoms with E-state index < -0.39 is 0 Å². The van der Waals surface area contributed by atoms with Crippen LogP contribution in [0.4, 0.5) is 0 Å². The van der Waals surface area contributed by atoms with E-state index >= 15 is 0 Å². The second kappa shape index (κ2) is 15.6. The lowest BCUT2D eigenvalue weighted by Crippen LogP contribution is -2.41. The van der Waals surface area contributed by atoms with Crippen LogP contribution in [-0.2, 0) is 24.1 Å². The minimum Gasteiger partial charge on any atom is -0.426 e. The molecule has 1 aliphatic carbocycles. The van der Waals surface area contributed by atoms with Gasteiger partial charge in [0, 0.05) is 23.9 Å². The summed E-state index contributed by atoms with van der Waals surface area (Å²) in [4.78, 5) is 17.2. The molecule has 0 aliphatic heterocycles. The topological polar surface area (TPSA) is 29.5 Å². The Bertz CT molecular complexity index is 894. The maximum Gasteiger partial charge on any atom is 0.311 e. The molecule has 200 valence electrons. The monoisotopic (exact) mass is 511 g/mol. The normalized spacial score (nSPS) is 17.1. The van der Waals surface area contributed by atoms with Gasteiger partial charge in [0.1, 0.15) is 5.75 Å². The van der Waals surface area contributed by atoms with Crippen molar-refractivity contribution in [2.45, 2.75) is 111 Å². The maximum absolute atomic E-state index is 13.0. The quantitative estimate of drug-likeness (QED) is 0.167. The lowest BCUT2D eigenvalue weighted by molar-refractivity contribution is -0.135. The molecule has 1 heterocycles. The molecule has 3 atom stereocenters. The average Bonchev–Trinajstić information content (AvgIpc) is 3.41. The molecule has 36 heavy (non-hydrogen) atoms. The molecule has 3 unspecified atom stereocenters. The molecule has 0 bridgehead atoms. The van der Waals surface area contributed by atoms with Crippen molar-refractivity contribution >= 4 is 17.3 Å². The standard InChI is InChI=1S/C32H49NO2S/c1-5-8-11-26(16-15-25(4)7-3)23-32(34)35-31-14-9-12-27-24-28(17-18-30(27)31)33(20-6-2)21-19-29-13-10-22-36-29/h9-10,12-14,22,25-26,28H,5-8,11,15-21,23-24H2,1-4H3. The number of nitrogens with zero attached hydrogens (tertiary/aromatic N) is 1. The van der Waals surface area contributed by atoms with E-state index in [0.29, 0.717) is 18.4 Å². The van der Waals surface area contributed by atoms with Crippen molar-refractivity contribution < 1.29 is 9.53 Å². The fourth-order valence-corrected chi connectivity index (χ4v) is 6.30. The number of thiophene rings is 1. The zero-order valence-electron chi connectivity index (χ0n) is 23.3. The van der Waals surface area contributed by atoms with Crippen molar-refractivity contribution in [1.82, 2.24) is 4.90 Å². The number of rotatable bonds is 16. The van der Waals surface area contributed by atoms with Crippen LogP contribution in [-0.4, -0.2) is 30.0 Å². The Morgan fingerprint density at radius 2 is 1.94 bits per heavy atom. The molecule has 3 rings (SSSR count). The van der Waals surface area contributed by atoms with E-state index in [1.165, 1.54) is 48.1 Å². The van der Waals surface area contributed by atoms with Crippen LogP contribution >= 0.6 is 11.3 Å². The summed E-state index contributed by atoms with van der Waals surface area (Å²) in [6.45, 7) is 11.4. The number of benzene rings is 1. The van der Waals surface area contributed by atoms with Gasteiger partial charge >= 0.3 is 5.97 Å². The molecule has 4 heteroatoms. The highest BCUT2D eigenvalue weighted by atomic mass is 32.1. The van der Waals surface area contributed by atoms with Crippen LogP contribution in [0.15, 0.2) is 35.7 Å². The summed E-state index contributed by atoms with van der Waals surface area (Å²) in [7, 11) is 0. The van der Waals surface area contributed by atoms with Gasteiger partial charge < -0.3 is 4.74 Å². The molecule has 0 fully saturated rings. The summed E-state index contributed by atoms with van der Waals surface area (Å²) < 4.78 is 6.04. The Balaban J connectivity index is 1.60. The molecular weight excluding hydrogens is 462 g/mol. The first kappa shape index (κ1) is 28.9. The Morgan fingerprint density at radius 1 is 1.08 bits per heavy atom. The van der Waals surface area contributed by atoms with Crippen LogP contribution in [0.5, 0.6) is 5.75 Å². The molecule has 0 spiro atoms. The number of fused-ring (bicyclic) bond motifs is 1. The van der Waals surface area contributed by atoms with Crippen molar-refractivity contribution in [3.63, 3.8) is 0 Å². The summed E-state index contributed by atoms with van der Waals surface area (Å²) in [6.07, 6.45) is 13.1. The first-order valence-electron chi connectivity index (χ1n) is 14.6. The highest BCUT2D eigenvalue weighted by molar-refractivity contribution is 7.09. The van der Waals surface area contributed by atoms with E-state index in [0.717, 1.165) is 63.3 Å². The summed E-state index contributed by atoms with van der Waals surface area (Å²) in [5, 5.41) is 2.18. The smallest absolute Gasteiger partial charge is 0.311 e. The van der Waals surface area contributed by atoms with E-state index in [1.807, 2.05) is 17.4 Å². The molecule has 0 saturated carbocycles. The third-order valence-corrected chi connectivity index (χ3v) is 9.01. The molecule has 1 aromatic heterocycles. The van der Waals surface area contributed by atoms with Gasteiger partial charge in [0.25, 0.3) is 0 Å². The number of hydrogen-bond acceptors (Lipinski definition) is 4. The van der Waals surface area contributed by atoms with Gasteiger partial charge in [-0.2, -0.15) is 0 Å². The zero-order valence-corrected chi connectivity index (χ0v) is 24.1. The number of carbonyl (C=O) groups excluding carboxylic acids is 1. The van der Waals surface area contributed by atoms with Crippen LogP contribution in [0.25, 0.3) is 0 Å². The molecular formula is C32H49NO2S. The number of ether oxygens (including phenoxy) is 1. The minimum atomic E-state index is -0.0423. The summed E-state index contributed by atoms with van der Waals surface area (Å²) in [5.74, 6) is 1.95. The third-order valence-electron chi connectivity index (χ3n) is 8.08. The van der Waals surface area contributed by atoms with E-state index in [2.05, 4.69) is 62.2 Å². The van der Waals surface area contributed by atoms with Crippen molar-refractivity contribution in [1.29, 1.82) is 0 Å². The molecule has 0 amide bonds. The van der Waals surface area contributed by atoms with Gasteiger partial charge in [0.15, 0.2) is 0 Å². The van der Waals surface area contributed by atoms with Crippen molar-refractivity contribution in [3.8, 4) is 5.75 Å². The van der Waals surface area contributed by atoms with Crippen LogP contribution in [0, 0.1) is 11.8 Å². The van der Waals surface area contributed by atoms with Crippen LogP contribution in [0.1, 0.15) is 101 Å². The van der Waals surface area contributed by atoms with Crippen LogP contribution in [0.2, 0.25) is 0 Å². The second-order valence-corrected chi connectivity index (χ2v) is 12.0. The van der Waals surface area contributed by atoms with Crippen molar-refractivity contribution in [2.75, 3.05) is 13.1 Å². The Kier molecular flexibility index (Phi) is 12.5. The summed E-state index contributed by atoms with van der Waals surface area (Å²) >= 11 is 1.86. The molecule has 0 radical (unpaired) electrons.